The maximum atomic E-state index is 3.66. The quantitative estimate of drug-likeness (QED) is 0.805. The summed E-state index contributed by atoms with van der Waals surface area (Å²) in [5.74, 6) is 0.697. The first-order chi connectivity index (χ1) is 9.13. The molecule has 0 aromatic heterocycles. The summed E-state index contributed by atoms with van der Waals surface area (Å²) in [7, 11) is 0. The van der Waals surface area contributed by atoms with Crippen molar-refractivity contribution in [1.29, 1.82) is 0 Å². The highest BCUT2D eigenvalue weighted by Gasteiger charge is 2.17. The summed E-state index contributed by atoms with van der Waals surface area (Å²) in [4.78, 5) is 0. The van der Waals surface area contributed by atoms with Crippen LogP contribution in [0.5, 0.6) is 0 Å². The summed E-state index contributed by atoms with van der Waals surface area (Å²) in [5, 5.41) is 6.40. The van der Waals surface area contributed by atoms with Crippen molar-refractivity contribution in [1.82, 2.24) is 5.32 Å². The first-order valence-electron chi connectivity index (χ1n) is 7.35. The van der Waals surface area contributed by atoms with E-state index < -0.39 is 0 Å². The van der Waals surface area contributed by atoms with E-state index in [0.29, 0.717) is 12.0 Å². The predicted molar refractivity (Wildman–Crippen MR) is 84.6 cm³/mol. The molecule has 0 radical (unpaired) electrons. The lowest BCUT2D eigenvalue weighted by Crippen LogP contribution is -2.23. The third kappa shape index (κ3) is 3.16. The Morgan fingerprint density at radius 2 is 1.79 bits per heavy atom. The zero-order valence-corrected chi connectivity index (χ0v) is 12.5. The highest BCUT2D eigenvalue weighted by molar-refractivity contribution is 5.87. The average Bonchev–Trinajstić information content (AvgIpc) is 2.37. The molecule has 0 aliphatic carbocycles. The average molecular weight is 255 g/mol. The maximum Gasteiger partial charge on any atom is 0.0331 e. The van der Waals surface area contributed by atoms with Gasteiger partial charge in [-0.15, -0.1) is 0 Å². The number of benzene rings is 2. The molecule has 19 heavy (non-hydrogen) atoms. The molecule has 102 valence electrons. The minimum absolute atomic E-state index is 0.455. The van der Waals surface area contributed by atoms with Gasteiger partial charge in [0.2, 0.25) is 0 Å². The van der Waals surface area contributed by atoms with Gasteiger partial charge in [-0.3, -0.25) is 0 Å². The molecule has 2 aromatic carbocycles. The second-order valence-corrected chi connectivity index (χ2v) is 5.76. The molecule has 1 heteroatoms. The van der Waals surface area contributed by atoms with E-state index in [9.17, 15) is 0 Å². The minimum Gasteiger partial charge on any atom is -0.310 e. The highest BCUT2D eigenvalue weighted by Crippen LogP contribution is 2.31. The second kappa shape index (κ2) is 6.21. The molecule has 1 atom stereocenters. The molecular weight excluding hydrogens is 230 g/mol. The molecule has 0 heterocycles. The standard InChI is InChI=1S/C18H25N/c1-5-19-17(12-13(2)3)18-14(4)10-11-15-8-6-7-9-16(15)18/h6-11,13,17,19H,5,12H2,1-4H3. The molecule has 0 spiro atoms. The van der Waals surface area contributed by atoms with Crippen LogP contribution in [-0.4, -0.2) is 6.54 Å². The van der Waals surface area contributed by atoms with E-state index in [1.165, 1.54) is 28.3 Å². The lowest BCUT2D eigenvalue weighted by molar-refractivity contribution is 0.439. The zero-order valence-electron chi connectivity index (χ0n) is 12.5. The molecule has 0 fully saturated rings. The van der Waals surface area contributed by atoms with E-state index >= 15 is 0 Å². The molecule has 0 amide bonds. The smallest absolute Gasteiger partial charge is 0.0331 e. The van der Waals surface area contributed by atoms with Gasteiger partial charge in [0.25, 0.3) is 0 Å². The van der Waals surface area contributed by atoms with Crippen LogP contribution in [0.15, 0.2) is 36.4 Å². The largest absolute Gasteiger partial charge is 0.310 e. The van der Waals surface area contributed by atoms with Gasteiger partial charge in [-0.1, -0.05) is 57.2 Å². The minimum atomic E-state index is 0.455. The van der Waals surface area contributed by atoms with Crippen molar-refractivity contribution in [2.75, 3.05) is 6.54 Å². The third-order valence-electron chi connectivity index (χ3n) is 3.69. The summed E-state index contributed by atoms with van der Waals surface area (Å²) in [6.45, 7) is 10.0. The van der Waals surface area contributed by atoms with Crippen molar-refractivity contribution in [3.63, 3.8) is 0 Å². The molecule has 1 N–H and O–H groups in total. The van der Waals surface area contributed by atoms with E-state index in [1.807, 2.05) is 0 Å². The zero-order chi connectivity index (χ0) is 13.8. The highest BCUT2D eigenvalue weighted by atomic mass is 14.9. The monoisotopic (exact) mass is 255 g/mol. The van der Waals surface area contributed by atoms with Gasteiger partial charge in [0, 0.05) is 6.04 Å². The fraction of sp³-hybridized carbons (Fsp3) is 0.444. The van der Waals surface area contributed by atoms with Crippen molar-refractivity contribution < 1.29 is 0 Å². The Labute approximate surface area is 117 Å². The van der Waals surface area contributed by atoms with Crippen LogP contribution in [0, 0.1) is 12.8 Å². The summed E-state index contributed by atoms with van der Waals surface area (Å²) >= 11 is 0. The van der Waals surface area contributed by atoms with Gasteiger partial charge in [-0.05, 0) is 47.7 Å². The Morgan fingerprint density at radius 1 is 1.05 bits per heavy atom. The SMILES string of the molecule is CCNC(CC(C)C)c1c(C)ccc2ccccc12. The van der Waals surface area contributed by atoms with E-state index in [-0.39, 0.29) is 0 Å². The van der Waals surface area contributed by atoms with Crippen LogP contribution in [0.4, 0.5) is 0 Å². The molecule has 1 unspecified atom stereocenters. The van der Waals surface area contributed by atoms with E-state index in [2.05, 4.69) is 69.4 Å². The van der Waals surface area contributed by atoms with Crippen LogP contribution < -0.4 is 5.32 Å². The molecule has 0 saturated carbocycles. The number of nitrogens with one attached hydrogen (secondary N) is 1. The first-order valence-corrected chi connectivity index (χ1v) is 7.35. The van der Waals surface area contributed by atoms with Gasteiger partial charge in [0.1, 0.15) is 0 Å². The number of aryl methyl sites for hydroxylation is 1. The van der Waals surface area contributed by atoms with Gasteiger partial charge in [-0.25, -0.2) is 0 Å². The summed E-state index contributed by atoms with van der Waals surface area (Å²) in [5.41, 5.74) is 2.87. The van der Waals surface area contributed by atoms with Crippen molar-refractivity contribution in [2.45, 2.75) is 40.2 Å². The lowest BCUT2D eigenvalue weighted by Gasteiger charge is -2.24. The van der Waals surface area contributed by atoms with Crippen molar-refractivity contribution in [2.24, 2.45) is 5.92 Å². The number of hydrogen-bond donors (Lipinski definition) is 1. The normalized spacial score (nSPS) is 13.1. The topological polar surface area (TPSA) is 12.0 Å². The number of fused-ring (bicyclic) bond motifs is 1. The van der Waals surface area contributed by atoms with Crippen molar-refractivity contribution >= 4 is 10.8 Å². The molecule has 0 bridgehead atoms. The summed E-state index contributed by atoms with van der Waals surface area (Å²) in [6.07, 6.45) is 1.18. The van der Waals surface area contributed by atoms with E-state index in [1.54, 1.807) is 0 Å². The Hall–Kier alpha value is -1.34. The van der Waals surface area contributed by atoms with Crippen LogP contribution in [-0.2, 0) is 0 Å². The van der Waals surface area contributed by atoms with Crippen LogP contribution in [0.1, 0.15) is 44.4 Å². The Balaban J connectivity index is 2.53. The fourth-order valence-corrected chi connectivity index (χ4v) is 2.89. The molecule has 0 saturated heterocycles. The summed E-state index contributed by atoms with van der Waals surface area (Å²) < 4.78 is 0. The summed E-state index contributed by atoms with van der Waals surface area (Å²) in [6, 6.07) is 13.7. The van der Waals surface area contributed by atoms with E-state index in [0.717, 1.165) is 6.54 Å². The van der Waals surface area contributed by atoms with Gasteiger partial charge in [0.15, 0.2) is 0 Å². The number of rotatable bonds is 5. The second-order valence-electron chi connectivity index (χ2n) is 5.76. The fourth-order valence-electron chi connectivity index (χ4n) is 2.89. The Bertz CT molecular complexity index is 542. The molecule has 2 rings (SSSR count). The maximum absolute atomic E-state index is 3.66. The molecule has 0 aliphatic heterocycles. The molecular formula is C18H25N. The van der Waals surface area contributed by atoms with Crippen LogP contribution in [0.2, 0.25) is 0 Å². The lowest BCUT2D eigenvalue weighted by atomic mass is 9.89. The van der Waals surface area contributed by atoms with Crippen molar-refractivity contribution in [3.05, 3.63) is 47.5 Å². The van der Waals surface area contributed by atoms with Crippen LogP contribution >= 0.6 is 0 Å². The first kappa shape index (κ1) is 14.1. The van der Waals surface area contributed by atoms with E-state index in [4.69, 9.17) is 0 Å². The Morgan fingerprint density at radius 3 is 2.47 bits per heavy atom. The predicted octanol–water partition coefficient (Wildman–Crippen LogP) is 4.84. The Kier molecular flexibility index (Phi) is 4.60. The molecule has 1 nitrogen and oxygen atoms in total. The van der Waals surface area contributed by atoms with Gasteiger partial charge >= 0.3 is 0 Å². The van der Waals surface area contributed by atoms with Gasteiger partial charge in [-0.2, -0.15) is 0 Å². The third-order valence-corrected chi connectivity index (χ3v) is 3.69. The van der Waals surface area contributed by atoms with Crippen LogP contribution in [0.3, 0.4) is 0 Å². The van der Waals surface area contributed by atoms with Gasteiger partial charge in [0.05, 0.1) is 0 Å². The van der Waals surface area contributed by atoms with Crippen LogP contribution in [0.25, 0.3) is 10.8 Å². The van der Waals surface area contributed by atoms with Gasteiger partial charge < -0.3 is 5.32 Å². The van der Waals surface area contributed by atoms with Crippen molar-refractivity contribution in [3.8, 4) is 0 Å². The number of hydrogen-bond acceptors (Lipinski definition) is 1. The molecule has 2 aromatic rings. The molecule has 0 aliphatic rings.